The summed E-state index contributed by atoms with van der Waals surface area (Å²) in [5.74, 6) is 0. The third-order valence-corrected chi connectivity index (χ3v) is 4.74. The van der Waals surface area contributed by atoms with Gasteiger partial charge in [-0.3, -0.25) is 4.98 Å². The Balaban J connectivity index is 2.22. The Bertz CT molecular complexity index is 833. The average Bonchev–Trinajstić information content (AvgIpc) is 2.83. The Hall–Kier alpha value is -2.14. The Kier molecular flexibility index (Phi) is 2.64. The molecule has 0 spiro atoms. The second-order valence-electron chi connectivity index (χ2n) is 4.36. The average molecular weight is 272 g/mol. The van der Waals surface area contributed by atoms with Gasteiger partial charge in [0.2, 0.25) is 0 Å². The molecular weight excluding hydrogens is 260 g/mol. The maximum Gasteiger partial charge on any atom is 0.268 e. The molecule has 0 bridgehead atoms. The van der Waals surface area contributed by atoms with Crippen LogP contribution in [0.5, 0.6) is 0 Å². The predicted molar refractivity (Wildman–Crippen MR) is 73.5 cm³/mol. The molecule has 0 amide bonds. The van der Waals surface area contributed by atoms with Crippen LogP contribution in [0.3, 0.4) is 0 Å². The van der Waals surface area contributed by atoms with Crippen molar-refractivity contribution in [3.63, 3.8) is 0 Å². The van der Waals surface area contributed by atoms with Gasteiger partial charge < -0.3 is 0 Å². The van der Waals surface area contributed by atoms with Gasteiger partial charge in [-0.25, -0.2) is 12.4 Å². The molecule has 0 aliphatic heterocycles. The molecule has 3 aromatic rings. The van der Waals surface area contributed by atoms with E-state index in [0.29, 0.717) is 5.52 Å². The lowest BCUT2D eigenvalue weighted by Gasteiger charge is -2.07. The number of fused-ring (bicyclic) bond motifs is 1. The molecule has 5 heteroatoms. The van der Waals surface area contributed by atoms with Crippen LogP contribution in [0, 0.1) is 6.92 Å². The summed E-state index contributed by atoms with van der Waals surface area (Å²) in [6, 6.07) is 10.3. The predicted octanol–water partition coefficient (Wildman–Crippen LogP) is 2.58. The number of hydrogen-bond acceptors (Lipinski definition) is 3. The van der Waals surface area contributed by atoms with Gasteiger partial charge in [-0.05, 0) is 31.2 Å². The van der Waals surface area contributed by atoms with E-state index >= 15 is 0 Å². The molecular formula is C14H12N2O2S. The summed E-state index contributed by atoms with van der Waals surface area (Å²) in [6.07, 6.45) is 4.79. The van der Waals surface area contributed by atoms with Gasteiger partial charge in [-0.15, -0.1) is 0 Å². The Morgan fingerprint density at radius 1 is 1.05 bits per heavy atom. The smallest absolute Gasteiger partial charge is 0.264 e. The minimum Gasteiger partial charge on any atom is -0.264 e. The summed E-state index contributed by atoms with van der Waals surface area (Å²) in [4.78, 5) is 4.27. The molecule has 2 heterocycles. The number of aromatic nitrogens is 2. The first-order valence-electron chi connectivity index (χ1n) is 5.82. The maximum absolute atomic E-state index is 12.6. The summed E-state index contributed by atoms with van der Waals surface area (Å²) < 4.78 is 26.4. The summed E-state index contributed by atoms with van der Waals surface area (Å²) in [6.45, 7) is 1.92. The molecule has 19 heavy (non-hydrogen) atoms. The van der Waals surface area contributed by atoms with E-state index in [-0.39, 0.29) is 4.90 Å². The lowest BCUT2D eigenvalue weighted by atomic mass is 10.2. The molecule has 0 aliphatic rings. The van der Waals surface area contributed by atoms with Crippen molar-refractivity contribution in [3.05, 3.63) is 60.6 Å². The summed E-state index contributed by atoms with van der Waals surface area (Å²) >= 11 is 0. The van der Waals surface area contributed by atoms with Crippen molar-refractivity contribution in [3.8, 4) is 0 Å². The van der Waals surface area contributed by atoms with Crippen molar-refractivity contribution in [1.82, 2.24) is 8.96 Å². The van der Waals surface area contributed by atoms with Gasteiger partial charge in [0.1, 0.15) is 0 Å². The summed E-state index contributed by atoms with van der Waals surface area (Å²) in [7, 11) is -3.55. The zero-order valence-corrected chi connectivity index (χ0v) is 11.1. The molecule has 1 aromatic carbocycles. The van der Waals surface area contributed by atoms with Gasteiger partial charge in [0.05, 0.1) is 10.4 Å². The standard InChI is InChI=1S/C14H12N2O2S/c1-11-2-4-13(5-3-11)19(17,18)16-9-7-12-10-15-8-6-14(12)16/h2-10H,1H3. The number of aryl methyl sites for hydroxylation is 1. The largest absolute Gasteiger partial charge is 0.268 e. The second-order valence-corrected chi connectivity index (χ2v) is 6.18. The van der Waals surface area contributed by atoms with Crippen molar-refractivity contribution in [2.75, 3.05) is 0 Å². The van der Waals surface area contributed by atoms with Gasteiger partial charge in [0.25, 0.3) is 10.0 Å². The van der Waals surface area contributed by atoms with Crippen molar-refractivity contribution in [1.29, 1.82) is 0 Å². The maximum atomic E-state index is 12.6. The van der Waals surface area contributed by atoms with Crippen molar-refractivity contribution in [2.45, 2.75) is 11.8 Å². The van der Waals surface area contributed by atoms with Gasteiger partial charge >= 0.3 is 0 Å². The molecule has 0 N–H and O–H groups in total. The summed E-state index contributed by atoms with van der Waals surface area (Å²) in [5.41, 5.74) is 1.66. The van der Waals surface area contributed by atoms with Gasteiger partial charge in [0.15, 0.2) is 0 Å². The number of rotatable bonds is 2. The van der Waals surface area contributed by atoms with Crippen molar-refractivity contribution < 1.29 is 8.42 Å². The summed E-state index contributed by atoms with van der Waals surface area (Å²) in [5, 5.41) is 0.804. The Labute approximate surface area is 111 Å². The van der Waals surface area contributed by atoms with Crippen LogP contribution in [-0.2, 0) is 10.0 Å². The highest BCUT2D eigenvalue weighted by Gasteiger charge is 2.18. The normalized spacial score (nSPS) is 11.8. The van der Waals surface area contributed by atoms with E-state index in [1.165, 1.54) is 3.97 Å². The highest BCUT2D eigenvalue weighted by Crippen LogP contribution is 2.21. The van der Waals surface area contributed by atoms with Crippen LogP contribution < -0.4 is 0 Å². The van der Waals surface area contributed by atoms with Crippen LogP contribution in [0.2, 0.25) is 0 Å². The molecule has 0 saturated carbocycles. The van der Waals surface area contributed by atoms with Crippen molar-refractivity contribution >= 4 is 20.9 Å². The van der Waals surface area contributed by atoms with E-state index in [9.17, 15) is 8.42 Å². The fourth-order valence-electron chi connectivity index (χ4n) is 1.99. The third-order valence-electron chi connectivity index (χ3n) is 3.03. The molecule has 96 valence electrons. The molecule has 0 fully saturated rings. The van der Waals surface area contributed by atoms with E-state index in [0.717, 1.165) is 10.9 Å². The minimum atomic E-state index is -3.55. The first kappa shape index (κ1) is 11.9. The fraction of sp³-hybridized carbons (Fsp3) is 0.0714. The second kappa shape index (κ2) is 4.20. The minimum absolute atomic E-state index is 0.285. The number of nitrogens with zero attached hydrogens (tertiary/aromatic N) is 2. The third kappa shape index (κ3) is 1.92. The first-order chi connectivity index (χ1) is 9.09. The Morgan fingerprint density at radius 2 is 1.79 bits per heavy atom. The van der Waals surface area contributed by atoms with Crippen LogP contribution in [0.4, 0.5) is 0 Å². The van der Waals surface area contributed by atoms with Crippen LogP contribution in [0.25, 0.3) is 10.9 Å². The highest BCUT2D eigenvalue weighted by molar-refractivity contribution is 7.90. The fourth-order valence-corrected chi connectivity index (χ4v) is 3.34. The number of hydrogen-bond donors (Lipinski definition) is 0. The highest BCUT2D eigenvalue weighted by atomic mass is 32.2. The van der Waals surface area contributed by atoms with E-state index in [1.807, 2.05) is 6.92 Å². The first-order valence-corrected chi connectivity index (χ1v) is 7.26. The van der Waals surface area contributed by atoms with Crippen LogP contribution in [0.1, 0.15) is 5.56 Å². The van der Waals surface area contributed by atoms with E-state index in [2.05, 4.69) is 4.98 Å². The zero-order chi connectivity index (χ0) is 13.5. The van der Waals surface area contributed by atoms with E-state index in [4.69, 9.17) is 0 Å². The molecule has 2 aromatic heterocycles. The Morgan fingerprint density at radius 3 is 2.53 bits per heavy atom. The lowest BCUT2D eigenvalue weighted by Crippen LogP contribution is -2.11. The number of benzene rings is 1. The van der Waals surface area contributed by atoms with Crippen LogP contribution >= 0.6 is 0 Å². The van der Waals surface area contributed by atoms with Gasteiger partial charge in [-0.2, -0.15) is 0 Å². The molecule has 0 unspecified atom stereocenters. The molecule has 0 atom stereocenters. The molecule has 0 aliphatic carbocycles. The van der Waals surface area contributed by atoms with Gasteiger partial charge in [-0.1, -0.05) is 17.7 Å². The van der Waals surface area contributed by atoms with E-state index < -0.39 is 10.0 Å². The monoisotopic (exact) mass is 272 g/mol. The van der Waals surface area contributed by atoms with Crippen molar-refractivity contribution in [2.24, 2.45) is 0 Å². The molecule has 0 radical (unpaired) electrons. The molecule has 3 rings (SSSR count). The molecule has 4 nitrogen and oxygen atoms in total. The van der Waals surface area contributed by atoms with Gasteiger partial charge in [0, 0.05) is 24.0 Å². The molecule has 0 saturated heterocycles. The zero-order valence-electron chi connectivity index (χ0n) is 10.3. The topological polar surface area (TPSA) is 52.0 Å². The lowest BCUT2D eigenvalue weighted by molar-refractivity contribution is 0.589. The van der Waals surface area contributed by atoms with E-state index in [1.54, 1.807) is 55.0 Å². The SMILES string of the molecule is Cc1ccc(S(=O)(=O)n2ccc3cnccc32)cc1. The quantitative estimate of drug-likeness (QED) is 0.720. The van der Waals surface area contributed by atoms with Crippen LogP contribution in [-0.4, -0.2) is 17.4 Å². The number of pyridine rings is 1. The van der Waals surface area contributed by atoms with Crippen LogP contribution in [0.15, 0.2) is 59.9 Å².